The number of carbonyl (C=O) groups excluding carboxylic acids is 2. The second kappa shape index (κ2) is 8.76. The molecule has 6 nitrogen and oxygen atoms in total. The number of amides is 1. The molecule has 0 bridgehead atoms. The van der Waals surface area contributed by atoms with Crippen molar-refractivity contribution in [2.24, 2.45) is 16.6 Å². The third-order valence-corrected chi connectivity index (χ3v) is 4.25. The van der Waals surface area contributed by atoms with Crippen LogP contribution in [0.4, 0.5) is 4.79 Å². The van der Waals surface area contributed by atoms with E-state index < -0.39 is 18.2 Å². The van der Waals surface area contributed by atoms with E-state index in [4.69, 9.17) is 10.5 Å². The van der Waals surface area contributed by atoms with Crippen LogP contribution in [0.5, 0.6) is 0 Å². The predicted molar refractivity (Wildman–Crippen MR) is 101 cm³/mol. The first-order valence-corrected chi connectivity index (χ1v) is 8.78. The van der Waals surface area contributed by atoms with Crippen molar-refractivity contribution < 1.29 is 14.3 Å². The van der Waals surface area contributed by atoms with Gasteiger partial charge in [0.25, 0.3) is 0 Å². The highest BCUT2D eigenvalue weighted by molar-refractivity contribution is 6.03. The summed E-state index contributed by atoms with van der Waals surface area (Å²) in [7, 11) is 0. The second-order valence-electron chi connectivity index (χ2n) is 6.90. The molecule has 0 aromatic heterocycles. The Morgan fingerprint density at radius 3 is 2.58 bits per heavy atom. The summed E-state index contributed by atoms with van der Waals surface area (Å²) in [5.41, 5.74) is 7.90. The highest BCUT2D eigenvalue weighted by Gasteiger charge is 2.34. The molecule has 26 heavy (non-hydrogen) atoms. The number of carbonyl (C=O) groups is 2. The number of benzene rings is 1. The van der Waals surface area contributed by atoms with Crippen LogP contribution >= 0.6 is 0 Å². The highest BCUT2D eigenvalue weighted by Crippen LogP contribution is 2.23. The van der Waals surface area contributed by atoms with Crippen LogP contribution in [0.2, 0.25) is 0 Å². The van der Waals surface area contributed by atoms with Crippen molar-refractivity contribution in [2.75, 3.05) is 0 Å². The van der Waals surface area contributed by atoms with E-state index in [1.54, 1.807) is 13.8 Å². The number of nitrogens with two attached hydrogens (primary N) is 1. The molecule has 1 aliphatic rings. The molecule has 0 saturated heterocycles. The second-order valence-corrected chi connectivity index (χ2v) is 6.90. The van der Waals surface area contributed by atoms with E-state index in [2.05, 4.69) is 11.3 Å². The Labute approximate surface area is 154 Å². The molecule has 0 spiro atoms. The van der Waals surface area contributed by atoms with Crippen LogP contribution in [0.1, 0.15) is 39.7 Å². The van der Waals surface area contributed by atoms with E-state index in [-0.39, 0.29) is 12.4 Å². The lowest BCUT2D eigenvalue weighted by Crippen LogP contribution is -2.46. The van der Waals surface area contributed by atoms with Gasteiger partial charge in [0.2, 0.25) is 0 Å². The van der Waals surface area contributed by atoms with Crippen LogP contribution in [-0.4, -0.2) is 35.2 Å². The van der Waals surface area contributed by atoms with Crippen LogP contribution < -0.4 is 5.73 Å². The minimum absolute atomic E-state index is 0.142. The summed E-state index contributed by atoms with van der Waals surface area (Å²) in [5, 5.41) is 0. The number of Topliss-reactive ketones (excluding diaryl/α,β-unsaturated/α-hetero) is 1. The van der Waals surface area contributed by atoms with Crippen molar-refractivity contribution >= 4 is 18.2 Å². The standard InChI is InChI=1S/C20H26N3O3/c1-13(2)10-17(21)19(24)18-14(3)22-12-23(15(18)4)20(25)26-11-16-8-6-5-7-9-16/h5-9,13,15,17H,10-11,21H2,1-4H3/t15?,17-/m0/s1. The molecular formula is C20H26N3O3. The fourth-order valence-electron chi connectivity index (χ4n) is 2.89. The van der Waals surface area contributed by atoms with Crippen molar-refractivity contribution in [3.8, 4) is 0 Å². The predicted octanol–water partition coefficient (Wildman–Crippen LogP) is 3.15. The van der Waals surface area contributed by atoms with Gasteiger partial charge in [-0.25, -0.2) is 9.79 Å². The van der Waals surface area contributed by atoms with Crippen molar-refractivity contribution in [3.63, 3.8) is 0 Å². The SMILES string of the molecule is CC1=C(C(=O)[C@@H](N)CC(C)C)C(C)N(C(=O)OCc2ccccc2)[C]=N1. The Kier molecular flexibility index (Phi) is 6.69. The average Bonchev–Trinajstić information content (AvgIpc) is 2.60. The first-order chi connectivity index (χ1) is 12.3. The molecule has 1 heterocycles. The normalized spacial score (nSPS) is 18.2. The van der Waals surface area contributed by atoms with Crippen LogP contribution in [-0.2, 0) is 16.1 Å². The van der Waals surface area contributed by atoms with Crippen molar-refractivity contribution in [3.05, 3.63) is 47.2 Å². The molecule has 139 valence electrons. The van der Waals surface area contributed by atoms with Crippen LogP contribution in [0.15, 0.2) is 46.6 Å². The first kappa shape index (κ1) is 19.8. The number of hydrogen-bond acceptors (Lipinski definition) is 5. The maximum absolute atomic E-state index is 12.8. The van der Waals surface area contributed by atoms with E-state index in [1.807, 2.05) is 44.2 Å². The summed E-state index contributed by atoms with van der Waals surface area (Å²) < 4.78 is 5.33. The largest absolute Gasteiger partial charge is 0.444 e. The number of hydrogen-bond donors (Lipinski definition) is 1. The Morgan fingerprint density at radius 2 is 1.96 bits per heavy atom. The molecule has 2 atom stereocenters. The Balaban J connectivity index is 2.07. The summed E-state index contributed by atoms with van der Waals surface area (Å²) in [5.74, 6) is 0.116. The molecule has 1 radical (unpaired) electrons. The first-order valence-electron chi connectivity index (χ1n) is 8.78. The molecule has 6 heteroatoms. The quantitative estimate of drug-likeness (QED) is 0.848. The van der Waals surface area contributed by atoms with Gasteiger partial charge in [-0.1, -0.05) is 44.2 Å². The van der Waals surface area contributed by atoms with Gasteiger partial charge in [-0.05, 0) is 31.7 Å². The Bertz CT molecular complexity index is 710. The average molecular weight is 356 g/mol. The molecule has 0 aliphatic carbocycles. The number of nitrogens with zero attached hydrogens (tertiary/aromatic N) is 2. The van der Waals surface area contributed by atoms with Crippen molar-refractivity contribution in [2.45, 2.75) is 52.8 Å². The molecule has 0 saturated carbocycles. The highest BCUT2D eigenvalue weighted by atomic mass is 16.6. The van der Waals surface area contributed by atoms with Gasteiger partial charge < -0.3 is 10.5 Å². The zero-order valence-corrected chi connectivity index (χ0v) is 15.7. The fourth-order valence-corrected chi connectivity index (χ4v) is 2.89. The minimum Gasteiger partial charge on any atom is -0.444 e. The molecule has 1 aromatic carbocycles. The van der Waals surface area contributed by atoms with Crippen molar-refractivity contribution in [1.29, 1.82) is 0 Å². The lowest BCUT2D eigenvalue weighted by Gasteiger charge is -2.30. The molecule has 1 unspecified atom stereocenters. The van der Waals surface area contributed by atoms with E-state index in [0.29, 0.717) is 23.6 Å². The van der Waals surface area contributed by atoms with Gasteiger partial charge in [0.1, 0.15) is 6.61 Å². The molecule has 1 aliphatic heterocycles. The van der Waals surface area contributed by atoms with E-state index in [1.165, 1.54) is 4.90 Å². The molecule has 0 fully saturated rings. The maximum Gasteiger partial charge on any atom is 0.416 e. The van der Waals surface area contributed by atoms with Gasteiger partial charge in [-0.15, -0.1) is 0 Å². The zero-order chi connectivity index (χ0) is 19.3. The molecule has 2 rings (SSSR count). The summed E-state index contributed by atoms with van der Waals surface area (Å²) in [6.07, 6.45) is 2.63. The summed E-state index contributed by atoms with van der Waals surface area (Å²) in [6, 6.07) is 8.24. The molecular weight excluding hydrogens is 330 g/mol. The van der Waals surface area contributed by atoms with E-state index in [9.17, 15) is 9.59 Å². The number of rotatable bonds is 6. The Morgan fingerprint density at radius 1 is 1.31 bits per heavy atom. The van der Waals surface area contributed by atoms with Crippen molar-refractivity contribution in [1.82, 2.24) is 4.90 Å². The molecule has 1 amide bonds. The van der Waals surface area contributed by atoms with E-state index >= 15 is 0 Å². The number of ketones is 1. The summed E-state index contributed by atoms with van der Waals surface area (Å²) in [6.45, 7) is 7.65. The summed E-state index contributed by atoms with van der Waals surface area (Å²) >= 11 is 0. The topological polar surface area (TPSA) is 85.0 Å². The fraction of sp³-hybridized carbons (Fsp3) is 0.450. The molecule has 1 aromatic rings. The van der Waals surface area contributed by atoms with Gasteiger partial charge in [0.05, 0.1) is 12.1 Å². The van der Waals surface area contributed by atoms with Gasteiger partial charge in [-0.2, -0.15) is 0 Å². The number of ether oxygens (including phenoxy) is 1. The van der Waals surface area contributed by atoms with Crippen LogP contribution in [0, 0.1) is 5.92 Å². The Hall–Kier alpha value is -2.47. The summed E-state index contributed by atoms with van der Waals surface area (Å²) in [4.78, 5) is 30.5. The third kappa shape index (κ3) is 4.79. The van der Waals surface area contributed by atoms with E-state index in [0.717, 1.165) is 5.56 Å². The lowest BCUT2D eigenvalue weighted by molar-refractivity contribution is -0.117. The number of aliphatic imine (C=N–C) groups is 1. The van der Waals surface area contributed by atoms with Gasteiger partial charge in [0.15, 0.2) is 12.1 Å². The lowest BCUT2D eigenvalue weighted by atomic mass is 9.91. The van der Waals surface area contributed by atoms with Crippen LogP contribution in [0.3, 0.4) is 0 Å². The monoisotopic (exact) mass is 356 g/mol. The maximum atomic E-state index is 12.8. The third-order valence-electron chi connectivity index (χ3n) is 4.25. The molecule has 2 N–H and O–H groups in total. The number of allylic oxidation sites excluding steroid dienone is 1. The van der Waals surface area contributed by atoms with Gasteiger partial charge >= 0.3 is 6.09 Å². The van der Waals surface area contributed by atoms with Gasteiger partial charge in [-0.3, -0.25) is 9.69 Å². The van der Waals surface area contributed by atoms with Gasteiger partial charge in [0, 0.05) is 11.3 Å². The minimum atomic E-state index is -0.613. The van der Waals surface area contributed by atoms with Crippen LogP contribution in [0.25, 0.3) is 0 Å². The zero-order valence-electron chi connectivity index (χ0n) is 15.7. The smallest absolute Gasteiger partial charge is 0.416 e.